The van der Waals surface area contributed by atoms with E-state index in [0.29, 0.717) is 19.7 Å². The Hall–Kier alpha value is -3.20. The van der Waals surface area contributed by atoms with Crippen molar-refractivity contribution < 1.29 is 14.3 Å². The predicted molar refractivity (Wildman–Crippen MR) is 127 cm³/mol. The number of aryl methyl sites for hydroxylation is 2. The maximum absolute atomic E-state index is 12.7. The molecular weight excluding hydrogens is 420 g/mol. The Morgan fingerprint density at radius 3 is 2.70 bits per heavy atom. The van der Waals surface area contributed by atoms with Gasteiger partial charge in [-0.1, -0.05) is 0 Å². The summed E-state index contributed by atoms with van der Waals surface area (Å²) >= 11 is 0. The van der Waals surface area contributed by atoms with Gasteiger partial charge in [-0.05, 0) is 57.4 Å². The summed E-state index contributed by atoms with van der Waals surface area (Å²) in [5.41, 5.74) is 3.61. The van der Waals surface area contributed by atoms with Crippen LogP contribution in [0, 0.1) is 19.8 Å². The molecule has 0 aliphatic carbocycles. The van der Waals surface area contributed by atoms with Crippen LogP contribution in [0.2, 0.25) is 0 Å². The molecule has 9 heteroatoms. The second-order valence-corrected chi connectivity index (χ2v) is 8.45. The minimum Gasteiger partial charge on any atom is -0.497 e. The molecule has 1 amide bonds. The SMILES string of the molecule is COCCCNC(=O)[C@@H]1CCCN(c2nnc(C)c3c(C)n(-c4ccc(OC)cc4)nc23)C1. The van der Waals surface area contributed by atoms with E-state index in [1.54, 1.807) is 14.2 Å². The number of carbonyl (C=O) groups is 1. The number of benzene rings is 1. The van der Waals surface area contributed by atoms with Crippen molar-refractivity contribution in [3.63, 3.8) is 0 Å². The molecule has 0 saturated carbocycles. The summed E-state index contributed by atoms with van der Waals surface area (Å²) < 4.78 is 12.3. The van der Waals surface area contributed by atoms with E-state index in [2.05, 4.69) is 20.4 Å². The number of aromatic nitrogens is 4. The zero-order chi connectivity index (χ0) is 23.4. The van der Waals surface area contributed by atoms with Crippen LogP contribution in [0.25, 0.3) is 16.6 Å². The maximum atomic E-state index is 12.7. The van der Waals surface area contributed by atoms with Crippen molar-refractivity contribution in [1.29, 1.82) is 0 Å². The van der Waals surface area contributed by atoms with Gasteiger partial charge in [-0.25, -0.2) is 4.68 Å². The second kappa shape index (κ2) is 10.2. The van der Waals surface area contributed by atoms with Crippen LogP contribution >= 0.6 is 0 Å². The number of piperidine rings is 1. The summed E-state index contributed by atoms with van der Waals surface area (Å²) in [4.78, 5) is 14.9. The van der Waals surface area contributed by atoms with Gasteiger partial charge in [-0.3, -0.25) is 4.79 Å². The molecule has 1 aromatic carbocycles. The molecule has 9 nitrogen and oxygen atoms in total. The molecule has 3 aromatic rings. The molecule has 1 aliphatic heterocycles. The molecule has 2 aromatic heterocycles. The van der Waals surface area contributed by atoms with E-state index in [1.165, 1.54) is 0 Å². The van der Waals surface area contributed by atoms with Crippen LogP contribution in [0.1, 0.15) is 30.7 Å². The Morgan fingerprint density at radius 2 is 1.97 bits per heavy atom. The molecule has 0 unspecified atom stereocenters. The van der Waals surface area contributed by atoms with Gasteiger partial charge in [-0.2, -0.15) is 10.2 Å². The summed E-state index contributed by atoms with van der Waals surface area (Å²) in [5, 5.41) is 17.9. The van der Waals surface area contributed by atoms with Crippen LogP contribution in [-0.2, 0) is 9.53 Å². The highest BCUT2D eigenvalue weighted by atomic mass is 16.5. The van der Waals surface area contributed by atoms with Gasteiger partial charge in [0.25, 0.3) is 0 Å². The molecule has 1 N–H and O–H groups in total. The average molecular weight is 453 g/mol. The lowest BCUT2D eigenvalue weighted by Gasteiger charge is -2.32. The standard InChI is InChI=1S/C24H32N6O3/c1-16-21-17(2)30(19-8-10-20(33-4)11-9-19)28-22(21)23(27-26-16)29-13-5-7-18(15-29)24(31)25-12-6-14-32-3/h8-11,18H,5-7,12-15H2,1-4H3,(H,25,31)/t18-/m1/s1. The highest BCUT2D eigenvalue weighted by Gasteiger charge is 2.29. The Balaban J connectivity index is 1.61. The third-order valence-corrected chi connectivity index (χ3v) is 6.22. The summed E-state index contributed by atoms with van der Waals surface area (Å²) in [6.45, 7) is 6.71. The lowest BCUT2D eigenvalue weighted by molar-refractivity contribution is -0.125. The molecular formula is C24H32N6O3. The topological polar surface area (TPSA) is 94.4 Å². The predicted octanol–water partition coefficient (Wildman–Crippen LogP) is 2.81. The van der Waals surface area contributed by atoms with Gasteiger partial charge in [0.15, 0.2) is 5.82 Å². The van der Waals surface area contributed by atoms with E-state index < -0.39 is 0 Å². The Morgan fingerprint density at radius 1 is 1.18 bits per heavy atom. The number of amides is 1. The number of fused-ring (bicyclic) bond motifs is 1. The van der Waals surface area contributed by atoms with Gasteiger partial charge in [0.1, 0.15) is 11.3 Å². The zero-order valence-electron chi connectivity index (χ0n) is 19.8. The quantitative estimate of drug-likeness (QED) is 0.525. The molecule has 0 spiro atoms. The number of ether oxygens (including phenoxy) is 2. The summed E-state index contributed by atoms with van der Waals surface area (Å²) in [5.74, 6) is 1.55. The number of methoxy groups -OCH3 is 2. The fraction of sp³-hybridized carbons (Fsp3) is 0.500. The normalized spacial score (nSPS) is 16.2. The fourth-order valence-corrected chi connectivity index (χ4v) is 4.46. The number of carbonyl (C=O) groups excluding carboxylic acids is 1. The molecule has 176 valence electrons. The van der Waals surface area contributed by atoms with Crippen molar-refractivity contribution in [3.05, 3.63) is 35.7 Å². The Kier molecular flexibility index (Phi) is 7.08. The van der Waals surface area contributed by atoms with Crippen LogP contribution < -0.4 is 15.0 Å². The number of anilines is 1. The van der Waals surface area contributed by atoms with Crippen LogP contribution in [0.15, 0.2) is 24.3 Å². The number of hydrogen-bond donors (Lipinski definition) is 1. The smallest absolute Gasteiger partial charge is 0.224 e. The van der Waals surface area contributed by atoms with E-state index >= 15 is 0 Å². The van der Waals surface area contributed by atoms with Crippen LogP contribution in [0.4, 0.5) is 5.82 Å². The molecule has 1 saturated heterocycles. The minimum atomic E-state index is -0.0794. The van der Waals surface area contributed by atoms with Gasteiger partial charge in [0.2, 0.25) is 5.91 Å². The van der Waals surface area contributed by atoms with Gasteiger partial charge in [0.05, 0.1) is 35.5 Å². The number of nitrogens with zero attached hydrogens (tertiary/aromatic N) is 5. The largest absolute Gasteiger partial charge is 0.497 e. The fourth-order valence-electron chi connectivity index (χ4n) is 4.46. The second-order valence-electron chi connectivity index (χ2n) is 8.45. The molecule has 0 radical (unpaired) electrons. The first-order valence-electron chi connectivity index (χ1n) is 11.4. The van der Waals surface area contributed by atoms with Crippen molar-refractivity contribution in [2.45, 2.75) is 33.1 Å². The van der Waals surface area contributed by atoms with Gasteiger partial charge in [-0.15, -0.1) is 5.10 Å². The molecule has 0 bridgehead atoms. The first-order valence-corrected chi connectivity index (χ1v) is 11.4. The molecule has 3 heterocycles. The highest BCUT2D eigenvalue weighted by Crippen LogP contribution is 2.31. The van der Waals surface area contributed by atoms with E-state index in [0.717, 1.165) is 65.4 Å². The monoisotopic (exact) mass is 452 g/mol. The minimum absolute atomic E-state index is 0.0794. The number of rotatable bonds is 8. The van der Waals surface area contributed by atoms with Crippen LogP contribution in [0.3, 0.4) is 0 Å². The highest BCUT2D eigenvalue weighted by molar-refractivity contribution is 5.92. The summed E-state index contributed by atoms with van der Waals surface area (Å²) in [6, 6.07) is 7.81. The Bertz CT molecular complexity index is 1110. The average Bonchev–Trinajstić information content (AvgIpc) is 3.20. The van der Waals surface area contributed by atoms with Crippen molar-refractivity contribution in [1.82, 2.24) is 25.3 Å². The third-order valence-electron chi connectivity index (χ3n) is 6.22. The third kappa shape index (κ3) is 4.78. The van der Waals surface area contributed by atoms with Crippen molar-refractivity contribution in [2.75, 3.05) is 45.4 Å². The molecule has 1 aliphatic rings. The summed E-state index contributed by atoms with van der Waals surface area (Å²) in [6.07, 6.45) is 2.60. The van der Waals surface area contributed by atoms with Crippen molar-refractivity contribution in [3.8, 4) is 11.4 Å². The molecule has 1 atom stereocenters. The molecule has 1 fully saturated rings. The molecule has 33 heavy (non-hydrogen) atoms. The van der Waals surface area contributed by atoms with Gasteiger partial charge >= 0.3 is 0 Å². The van der Waals surface area contributed by atoms with Crippen LogP contribution in [0.5, 0.6) is 5.75 Å². The lowest BCUT2D eigenvalue weighted by atomic mass is 9.97. The van der Waals surface area contributed by atoms with E-state index in [-0.39, 0.29) is 11.8 Å². The van der Waals surface area contributed by atoms with Gasteiger partial charge < -0.3 is 19.7 Å². The Labute approximate surface area is 194 Å². The summed E-state index contributed by atoms with van der Waals surface area (Å²) in [7, 11) is 3.32. The zero-order valence-corrected chi connectivity index (χ0v) is 19.8. The van der Waals surface area contributed by atoms with Crippen molar-refractivity contribution >= 4 is 22.6 Å². The lowest BCUT2D eigenvalue weighted by Crippen LogP contribution is -2.43. The van der Waals surface area contributed by atoms with Crippen LogP contribution in [-0.4, -0.2) is 66.3 Å². The van der Waals surface area contributed by atoms with Crippen molar-refractivity contribution in [2.24, 2.45) is 5.92 Å². The maximum Gasteiger partial charge on any atom is 0.224 e. The van der Waals surface area contributed by atoms with Gasteiger partial charge in [0, 0.05) is 33.4 Å². The van der Waals surface area contributed by atoms with E-state index in [9.17, 15) is 4.79 Å². The number of hydrogen-bond acceptors (Lipinski definition) is 7. The first-order chi connectivity index (χ1) is 16.0. The van der Waals surface area contributed by atoms with E-state index in [4.69, 9.17) is 14.6 Å². The van der Waals surface area contributed by atoms with E-state index in [1.807, 2.05) is 42.8 Å². The number of nitrogens with one attached hydrogen (secondary N) is 1. The molecule has 4 rings (SSSR count). The first kappa shape index (κ1) is 23.0.